The van der Waals surface area contributed by atoms with Crippen molar-refractivity contribution in [3.05, 3.63) is 0 Å². The van der Waals surface area contributed by atoms with Crippen LogP contribution in [0, 0.1) is 11.3 Å². The van der Waals surface area contributed by atoms with Gasteiger partial charge in [0.15, 0.2) is 0 Å². The molecule has 0 aromatic carbocycles. The van der Waals surface area contributed by atoms with Crippen LogP contribution in [0.15, 0.2) is 0 Å². The molecule has 0 saturated carbocycles. The summed E-state index contributed by atoms with van der Waals surface area (Å²) in [5, 5.41) is 6.70. The van der Waals surface area contributed by atoms with Crippen LogP contribution in [0.3, 0.4) is 0 Å². The second-order valence-electron chi connectivity index (χ2n) is 12.7. The Morgan fingerprint density at radius 1 is 1.24 bits per heavy atom. The van der Waals surface area contributed by atoms with Crippen molar-refractivity contribution in [2.24, 2.45) is 22.8 Å². The zero-order valence-electron chi connectivity index (χ0n) is 23.9. The zero-order valence-corrected chi connectivity index (χ0v) is 23.9. The summed E-state index contributed by atoms with van der Waals surface area (Å²) in [5.41, 5.74) is 12.6. The van der Waals surface area contributed by atoms with E-state index in [4.69, 9.17) is 20.9 Å². The summed E-state index contributed by atoms with van der Waals surface area (Å²) in [6.45, 7) is 9.88. The molecule has 1 amide bonds. The van der Waals surface area contributed by atoms with Gasteiger partial charge < -0.3 is 31.6 Å². The average Bonchev–Trinajstić information content (AvgIpc) is 2.88. The number of piperidine rings is 2. The molecule has 6 N–H and O–H groups in total. The zero-order chi connectivity index (χ0) is 27.3. The van der Waals surface area contributed by atoms with Crippen molar-refractivity contribution in [2.45, 2.75) is 108 Å². The molecular formula is C28H53FN6O3. The van der Waals surface area contributed by atoms with Gasteiger partial charge in [-0.15, -0.1) is 0 Å². The molecule has 0 aromatic rings. The van der Waals surface area contributed by atoms with Gasteiger partial charge in [0.25, 0.3) is 0 Å². The number of likely N-dealkylation sites (tertiary alicyclic amines) is 1. The predicted octanol–water partition coefficient (Wildman–Crippen LogP) is 1.20. The molecule has 220 valence electrons. The Bertz CT molecular complexity index is 758. The summed E-state index contributed by atoms with van der Waals surface area (Å²) in [5.74, 6) is -0.785. The quantitative estimate of drug-likeness (QED) is 0.339. The first kappa shape index (κ1) is 30.1. The number of nitrogens with one attached hydrogen (secondary N) is 2. The van der Waals surface area contributed by atoms with Crippen molar-refractivity contribution in [3.63, 3.8) is 0 Å². The lowest BCUT2D eigenvalue weighted by Crippen LogP contribution is -2.62. The highest BCUT2D eigenvalue weighted by molar-refractivity contribution is 5.80. The summed E-state index contributed by atoms with van der Waals surface area (Å²) in [4.78, 5) is 18.4. The van der Waals surface area contributed by atoms with Gasteiger partial charge in [-0.2, -0.15) is 0 Å². The molecule has 7 unspecified atom stereocenters. The molecule has 0 aromatic heterocycles. The van der Waals surface area contributed by atoms with E-state index in [1.54, 1.807) is 0 Å². The van der Waals surface area contributed by atoms with Gasteiger partial charge in [0.2, 0.25) is 5.91 Å². The van der Waals surface area contributed by atoms with Gasteiger partial charge in [0.1, 0.15) is 6.17 Å². The van der Waals surface area contributed by atoms with Crippen LogP contribution in [0.4, 0.5) is 4.39 Å². The van der Waals surface area contributed by atoms with E-state index in [1.807, 2.05) is 11.9 Å². The highest BCUT2D eigenvalue weighted by Gasteiger charge is 2.42. The maximum atomic E-state index is 14.8. The number of nitrogens with two attached hydrogens (primary N) is 2. The molecule has 4 saturated heterocycles. The molecule has 0 spiro atoms. The maximum absolute atomic E-state index is 14.8. The molecule has 0 bridgehead atoms. The average molecular weight is 541 g/mol. The summed E-state index contributed by atoms with van der Waals surface area (Å²) in [7, 11) is 1.91. The Kier molecular flexibility index (Phi) is 10.8. The molecule has 38 heavy (non-hydrogen) atoms. The van der Waals surface area contributed by atoms with Gasteiger partial charge in [-0.3, -0.25) is 14.6 Å². The van der Waals surface area contributed by atoms with E-state index in [0.717, 1.165) is 77.8 Å². The molecule has 4 rings (SSSR count). The fourth-order valence-electron chi connectivity index (χ4n) is 6.89. The summed E-state index contributed by atoms with van der Waals surface area (Å²) >= 11 is 0. The Morgan fingerprint density at radius 3 is 2.71 bits per heavy atom. The molecule has 4 aliphatic heterocycles. The fraction of sp³-hybridized carbons (Fsp3) is 0.964. The minimum absolute atomic E-state index is 0.00673. The number of nitrogens with zero attached hydrogens (tertiary/aromatic N) is 2. The van der Waals surface area contributed by atoms with E-state index >= 15 is 0 Å². The molecule has 4 heterocycles. The fourth-order valence-corrected chi connectivity index (χ4v) is 6.89. The number of hydrogen-bond acceptors (Lipinski definition) is 8. The number of carbonyl (C=O) groups excluding carboxylic acids is 1. The van der Waals surface area contributed by atoms with Crippen LogP contribution in [0.1, 0.15) is 65.2 Å². The molecule has 4 fully saturated rings. The van der Waals surface area contributed by atoms with Crippen molar-refractivity contribution >= 4 is 5.91 Å². The SMILES string of the molecule is CCC1(C)CCCC(F)CN(C)C(C(C(=O)NC2CNCCC2OC2CCCN(C3COC3)C2)C(N)N)C1. The number of hydrogen-bond donors (Lipinski definition) is 4. The number of carbonyl (C=O) groups is 1. The largest absolute Gasteiger partial charge is 0.378 e. The summed E-state index contributed by atoms with van der Waals surface area (Å²) < 4.78 is 26.8. The van der Waals surface area contributed by atoms with Crippen LogP contribution in [0.2, 0.25) is 0 Å². The number of alkyl halides is 1. The molecule has 0 aliphatic carbocycles. The predicted molar refractivity (Wildman–Crippen MR) is 147 cm³/mol. The number of rotatable bonds is 8. The Morgan fingerprint density at radius 2 is 2.03 bits per heavy atom. The maximum Gasteiger partial charge on any atom is 0.227 e. The van der Waals surface area contributed by atoms with Crippen molar-refractivity contribution < 1.29 is 18.7 Å². The van der Waals surface area contributed by atoms with E-state index in [0.29, 0.717) is 25.6 Å². The first-order valence-corrected chi connectivity index (χ1v) is 15.0. The second-order valence-corrected chi connectivity index (χ2v) is 12.7. The molecule has 4 aliphatic rings. The van der Waals surface area contributed by atoms with Crippen LogP contribution in [-0.4, -0.2) is 111 Å². The Balaban J connectivity index is 1.44. The van der Waals surface area contributed by atoms with Crippen LogP contribution in [0.5, 0.6) is 0 Å². The minimum Gasteiger partial charge on any atom is -0.378 e. The van der Waals surface area contributed by atoms with Crippen LogP contribution >= 0.6 is 0 Å². The van der Waals surface area contributed by atoms with E-state index < -0.39 is 18.3 Å². The number of halogens is 1. The van der Waals surface area contributed by atoms with E-state index in [9.17, 15) is 9.18 Å². The third-order valence-corrected chi connectivity index (χ3v) is 9.70. The molecule has 9 nitrogen and oxygen atoms in total. The standard InChI is InChI=1S/C28H53FN6O3/c1-4-28(2)10-5-7-19(29)15-34(3)23(13-28)25(26(30)31)27(36)33-22-14-32-11-9-24(22)38-21-8-6-12-35(16-21)20-17-37-18-20/h19-26,32H,4-18,30-31H2,1-3H3,(H,33,36). The van der Waals surface area contributed by atoms with Crippen LogP contribution in [-0.2, 0) is 14.3 Å². The first-order chi connectivity index (χ1) is 18.2. The first-order valence-electron chi connectivity index (χ1n) is 15.0. The lowest BCUT2D eigenvalue weighted by atomic mass is 9.74. The van der Waals surface area contributed by atoms with Crippen LogP contribution < -0.4 is 22.1 Å². The van der Waals surface area contributed by atoms with Gasteiger partial charge in [0.05, 0.1) is 49.6 Å². The Hall–Kier alpha value is -0.880. The van der Waals surface area contributed by atoms with E-state index in [1.165, 1.54) is 0 Å². The lowest BCUT2D eigenvalue weighted by molar-refractivity contribution is -0.134. The van der Waals surface area contributed by atoms with Crippen molar-refractivity contribution in [3.8, 4) is 0 Å². The normalized spacial score (nSPS) is 37.6. The van der Waals surface area contributed by atoms with Gasteiger partial charge in [0, 0.05) is 25.7 Å². The number of amides is 1. The van der Waals surface area contributed by atoms with Gasteiger partial charge >= 0.3 is 0 Å². The third kappa shape index (κ3) is 7.65. The molecular weight excluding hydrogens is 487 g/mol. The summed E-state index contributed by atoms with van der Waals surface area (Å²) in [6, 6.07) is 0.122. The third-order valence-electron chi connectivity index (χ3n) is 9.70. The van der Waals surface area contributed by atoms with Gasteiger partial charge in [-0.25, -0.2) is 4.39 Å². The highest BCUT2D eigenvalue weighted by Crippen LogP contribution is 2.38. The Labute approximate surface area is 228 Å². The molecule has 0 radical (unpaired) electrons. The smallest absolute Gasteiger partial charge is 0.227 e. The topological polar surface area (TPSA) is 118 Å². The van der Waals surface area contributed by atoms with E-state index in [2.05, 4.69) is 29.4 Å². The lowest BCUT2D eigenvalue weighted by Gasteiger charge is -2.44. The van der Waals surface area contributed by atoms with Crippen molar-refractivity contribution in [1.29, 1.82) is 0 Å². The monoisotopic (exact) mass is 540 g/mol. The van der Waals surface area contributed by atoms with Crippen LogP contribution in [0.25, 0.3) is 0 Å². The van der Waals surface area contributed by atoms with E-state index in [-0.39, 0.29) is 35.6 Å². The molecule has 7 atom stereocenters. The van der Waals surface area contributed by atoms with Crippen molar-refractivity contribution in [1.82, 2.24) is 20.4 Å². The number of ether oxygens (including phenoxy) is 2. The second kappa shape index (κ2) is 13.7. The summed E-state index contributed by atoms with van der Waals surface area (Å²) in [6.07, 6.45) is 5.43. The molecule has 10 heteroatoms. The van der Waals surface area contributed by atoms with Crippen molar-refractivity contribution in [2.75, 3.05) is 53.0 Å². The van der Waals surface area contributed by atoms with Gasteiger partial charge in [-0.05, 0) is 70.5 Å². The minimum atomic E-state index is -0.915. The van der Waals surface area contributed by atoms with Gasteiger partial charge in [-0.1, -0.05) is 20.3 Å². The highest BCUT2D eigenvalue weighted by atomic mass is 19.1.